The number of hydrogen-bond donors (Lipinski definition) is 2. The SMILES string of the molecule is Cc1nn(-c2ccccc2)c(C)c1C(O)C1CCCNC1. The largest absolute Gasteiger partial charge is 0.388 e. The van der Waals surface area contributed by atoms with E-state index in [2.05, 4.69) is 10.4 Å². The molecular weight excluding hydrogens is 262 g/mol. The van der Waals surface area contributed by atoms with E-state index in [1.54, 1.807) is 0 Å². The highest BCUT2D eigenvalue weighted by Gasteiger charge is 2.28. The Kier molecular flexibility index (Phi) is 4.08. The molecule has 1 aromatic heterocycles. The number of nitrogens with zero attached hydrogens (tertiary/aromatic N) is 2. The van der Waals surface area contributed by atoms with Gasteiger partial charge in [-0.3, -0.25) is 0 Å². The van der Waals surface area contributed by atoms with E-state index in [4.69, 9.17) is 0 Å². The molecule has 2 atom stereocenters. The number of aryl methyl sites for hydroxylation is 1. The highest BCUT2D eigenvalue weighted by Crippen LogP contribution is 2.32. The second-order valence-corrected chi connectivity index (χ2v) is 5.88. The van der Waals surface area contributed by atoms with Crippen LogP contribution in [0.5, 0.6) is 0 Å². The predicted octanol–water partition coefficient (Wildman–Crippen LogP) is 2.52. The lowest BCUT2D eigenvalue weighted by atomic mass is 9.88. The van der Waals surface area contributed by atoms with Crippen molar-refractivity contribution < 1.29 is 5.11 Å². The summed E-state index contributed by atoms with van der Waals surface area (Å²) in [6.45, 7) is 5.98. The highest BCUT2D eigenvalue weighted by atomic mass is 16.3. The molecule has 2 heterocycles. The molecule has 2 N–H and O–H groups in total. The Hall–Kier alpha value is -1.65. The number of para-hydroxylation sites is 1. The average molecular weight is 285 g/mol. The minimum absolute atomic E-state index is 0.282. The van der Waals surface area contributed by atoms with Gasteiger partial charge in [0, 0.05) is 23.7 Å². The molecule has 4 heteroatoms. The first-order valence-corrected chi connectivity index (χ1v) is 7.69. The Morgan fingerprint density at radius 3 is 2.71 bits per heavy atom. The molecule has 1 aliphatic heterocycles. The van der Waals surface area contributed by atoms with Gasteiger partial charge in [0.15, 0.2) is 0 Å². The van der Waals surface area contributed by atoms with Crippen LogP contribution in [0.2, 0.25) is 0 Å². The van der Waals surface area contributed by atoms with E-state index >= 15 is 0 Å². The quantitative estimate of drug-likeness (QED) is 0.911. The summed E-state index contributed by atoms with van der Waals surface area (Å²) in [5.41, 5.74) is 4.00. The van der Waals surface area contributed by atoms with Crippen LogP contribution in [0.25, 0.3) is 5.69 Å². The Bertz CT molecular complexity index is 600. The number of benzene rings is 1. The van der Waals surface area contributed by atoms with Crippen molar-refractivity contribution in [1.82, 2.24) is 15.1 Å². The van der Waals surface area contributed by atoms with Crippen molar-refractivity contribution in [2.24, 2.45) is 5.92 Å². The van der Waals surface area contributed by atoms with Gasteiger partial charge in [-0.2, -0.15) is 5.10 Å². The molecule has 21 heavy (non-hydrogen) atoms. The molecule has 1 aliphatic rings. The van der Waals surface area contributed by atoms with Gasteiger partial charge in [0.25, 0.3) is 0 Å². The molecule has 0 saturated carbocycles. The van der Waals surface area contributed by atoms with Gasteiger partial charge in [-0.05, 0) is 45.4 Å². The molecule has 112 valence electrons. The van der Waals surface area contributed by atoms with Gasteiger partial charge in [-0.25, -0.2) is 4.68 Å². The average Bonchev–Trinajstić information content (AvgIpc) is 2.83. The maximum Gasteiger partial charge on any atom is 0.0866 e. The van der Waals surface area contributed by atoms with Crippen molar-refractivity contribution in [2.75, 3.05) is 13.1 Å². The summed E-state index contributed by atoms with van der Waals surface area (Å²) in [7, 11) is 0. The first kappa shape index (κ1) is 14.3. The van der Waals surface area contributed by atoms with Crippen LogP contribution in [0, 0.1) is 19.8 Å². The van der Waals surface area contributed by atoms with Crippen molar-refractivity contribution >= 4 is 0 Å². The van der Waals surface area contributed by atoms with Crippen LogP contribution in [0.3, 0.4) is 0 Å². The maximum absolute atomic E-state index is 10.8. The lowest BCUT2D eigenvalue weighted by Gasteiger charge is -2.27. The zero-order valence-corrected chi connectivity index (χ0v) is 12.7. The number of aliphatic hydroxyl groups is 1. The van der Waals surface area contributed by atoms with E-state index < -0.39 is 6.10 Å². The number of piperidine rings is 1. The fourth-order valence-corrected chi connectivity index (χ4v) is 3.29. The zero-order chi connectivity index (χ0) is 14.8. The summed E-state index contributed by atoms with van der Waals surface area (Å²) in [5, 5.41) is 18.8. The molecule has 2 unspecified atom stereocenters. The Balaban J connectivity index is 1.94. The summed E-state index contributed by atoms with van der Waals surface area (Å²) in [5.74, 6) is 0.282. The van der Waals surface area contributed by atoms with Crippen molar-refractivity contribution in [3.05, 3.63) is 47.3 Å². The molecule has 0 aliphatic carbocycles. The molecule has 1 fully saturated rings. The summed E-state index contributed by atoms with van der Waals surface area (Å²) >= 11 is 0. The molecule has 3 rings (SSSR count). The number of aliphatic hydroxyl groups excluding tert-OH is 1. The number of hydrogen-bond acceptors (Lipinski definition) is 3. The molecule has 0 spiro atoms. The topological polar surface area (TPSA) is 50.1 Å². The first-order valence-electron chi connectivity index (χ1n) is 7.69. The Labute approximate surface area is 125 Å². The van der Waals surface area contributed by atoms with Gasteiger partial charge < -0.3 is 10.4 Å². The van der Waals surface area contributed by atoms with Gasteiger partial charge in [-0.15, -0.1) is 0 Å². The maximum atomic E-state index is 10.8. The summed E-state index contributed by atoms with van der Waals surface area (Å²) in [6, 6.07) is 10.1. The van der Waals surface area contributed by atoms with Crippen LogP contribution in [0.4, 0.5) is 0 Å². The molecule has 0 bridgehead atoms. The van der Waals surface area contributed by atoms with E-state index in [9.17, 15) is 5.11 Å². The Morgan fingerprint density at radius 2 is 2.05 bits per heavy atom. The predicted molar refractivity (Wildman–Crippen MR) is 83.6 cm³/mol. The molecule has 0 amide bonds. The Morgan fingerprint density at radius 1 is 1.29 bits per heavy atom. The lowest BCUT2D eigenvalue weighted by Crippen LogP contribution is -2.33. The van der Waals surface area contributed by atoms with Crippen LogP contribution >= 0.6 is 0 Å². The molecule has 1 saturated heterocycles. The second kappa shape index (κ2) is 6.00. The fourth-order valence-electron chi connectivity index (χ4n) is 3.29. The van der Waals surface area contributed by atoms with Crippen LogP contribution in [0.1, 0.15) is 35.9 Å². The molecule has 2 aromatic rings. The summed E-state index contributed by atoms with van der Waals surface area (Å²) < 4.78 is 1.93. The van der Waals surface area contributed by atoms with E-state index in [0.717, 1.165) is 48.6 Å². The monoisotopic (exact) mass is 285 g/mol. The summed E-state index contributed by atoms with van der Waals surface area (Å²) in [6.07, 6.45) is 1.77. The van der Waals surface area contributed by atoms with Crippen molar-refractivity contribution in [1.29, 1.82) is 0 Å². The number of rotatable bonds is 3. The van der Waals surface area contributed by atoms with Gasteiger partial charge in [0.05, 0.1) is 17.5 Å². The van der Waals surface area contributed by atoms with Crippen LogP contribution in [-0.2, 0) is 0 Å². The van der Waals surface area contributed by atoms with Crippen molar-refractivity contribution in [2.45, 2.75) is 32.8 Å². The van der Waals surface area contributed by atoms with E-state index in [1.165, 1.54) is 0 Å². The number of nitrogens with one attached hydrogen (secondary N) is 1. The molecule has 1 aromatic carbocycles. The highest BCUT2D eigenvalue weighted by molar-refractivity contribution is 5.38. The lowest BCUT2D eigenvalue weighted by molar-refractivity contribution is 0.0910. The first-order chi connectivity index (χ1) is 10.2. The van der Waals surface area contributed by atoms with Crippen molar-refractivity contribution in [3.63, 3.8) is 0 Å². The fraction of sp³-hybridized carbons (Fsp3) is 0.471. The molecule has 0 radical (unpaired) electrons. The third-order valence-corrected chi connectivity index (χ3v) is 4.43. The number of aromatic nitrogens is 2. The minimum Gasteiger partial charge on any atom is -0.388 e. The van der Waals surface area contributed by atoms with E-state index in [-0.39, 0.29) is 5.92 Å². The van der Waals surface area contributed by atoms with E-state index in [0.29, 0.717) is 0 Å². The third kappa shape index (κ3) is 2.74. The second-order valence-electron chi connectivity index (χ2n) is 5.88. The zero-order valence-electron chi connectivity index (χ0n) is 12.7. The minimum atomic E-state index is -0.435. The van der Waals surface area contributed by atoms with Gasteiger partial charge in [0.1, 0.15) is 0 Å². The summed E-state index contributed by atoms with van der Waals surface area (Å²) in [4.78, 5) is 0. The van der Waals surface area contributed by atoms with E-state index in [1.807, 2.05) is 48.9 Å². The molecular formula is C17H23N3O. The molecule has 4 nitrogen and oxygen atoms in total. The van der Waals surface area contributed by atoms with Crippen LogP contribution in [-0.4, -0.2) is 28.0 Å². The van der Waals surface area contributed by atoms with Crippen molar-refractivity contribution in [3.8, 4) is 5.69 Å². The van der Waals surface area contributed by atoms with Crippen LogP contribution in [0.15, 0.2) is 30.3 Å². The van der Waals surface area contributed by atoms with Crippen LogP contribution < -0.4 is 5.32 Å². The smallest absolute Gasteiger partial charge is 0.0866 e. The third-order valence-electron chi connectivity index (χ3n) is 4.43. The normalized spacial score (nSPS) is 20.4. The van der Waals surface area contributed by atoms with Gasteiger partial charge in [-0.1, -0.05) is 18.2 Å². The van der Waals surface area contributed by atoms with Gasteiger partial charge in [0.2, 0.25) is 0 Å². The van der Waals surface area contributed by atoms with Gasteiger partial charge >= 0.3 is 0 Å². The standard InChI is InChI=1S/C17H23N3O/c1-12-16(17(21)14-7-6-10-18-11-14)13(2)20(19-12)15-8-4-3-5-9-15/h3-5,8-9,14,17-18,21H,6-7,10-11H2,1-2H3.